The first-order valence-electron chi connectivity index (χ1n) is 26.3. The molecular weight excluding hydrogens is 824 g/mol. The second-order valence-corrected chi connectivity index (χ2v) is 19.0. The monoisotopic (exact) mass is 923 g/mol. The molecule has 0 saturated carbocycles. The van der Waals surface area contributed by atoms with E-state index in [1.54, 1.807) is 0 Å². The summed E-state index contributed by atoms with van der Waals surface area (Å²) >= 11 is 0. The molecule has 0 spiro atoms. The summed E-state index contributed by atoms with van der Waals surface area (Å²) < 4.78 is 33.5. The summed E-state index contributed by atoms with van der Waals surface area (Å²) in [4.78, 5) is 22.7. The Kier molecular flexibility index (Phi) is 49.1. The van der Waals surface area contributed by atoms with Gasteiger partial charge in [0.2, 0.25) is 0 Å². The van der Waals surface area contributed by atoms with Gasteiger partial charge in [-0.25, -0.2) is 4.57 Å². The van der Waals surface area contributed by atoms with Gasteiger partial charge in [-0.2, -0.15) is 0 Å². The molecule has 9 nitrogen and oxygen atoms in total. The third-order valence-electron chi connectivity index (χ3n) is 11.2. The van der Waals surface area contributed by atoms with Crippen LogP contribution in [0.25, 0.3) is 0 Å². The number of rotatable bonds is 50. The van der Waals surface area contributed by atoms with Crippen LogP contribution in [0.1, 0.15) is 232 Å². The highest BCUT2D eigenvalue weighted by Crippen LogP contribution is 2.43. The lowest BCUT2D eigenvalue weighted by Crippen LogP contribution is -2.29. The zero-order valence-corrected chi connectivity index (χ0v) is 42.1. The number of hydrogen-bond acceptors (Lipinski definition) is 8. The van der Waals surface area contributed by atoms with E-state index >= 15 is 0 Å². The molecule has 0 aliphatic carbocycles. The van der Waals surface area contributed by atoms with Crippen molar-refractivity contribution in [2.75, 3.05) is 33.0 Å². The second-order valence-electron chi connectivity index (χ2n) is 17.5. The summed E-state index contributed by atoms with van der Waals surface area (Å²) in [6, 6.07) is 0. The van der Waals surface area contributed by atoms with E-state index in [-0.39, 0.29) is 25.6 Å². The predicted octanol–water partition coefficient (Wildman–Crippen LogP) is 15.5. The molecule has 374 valence electrons. The molecule has 0 aromatic heterocycles. The minimum absolute atomic E-state index is 0.0404. The number of aliphatic hydroxyl groups is 2. The summed E-state index contributed by atoms with van der Waals surface area (Å²) in [5, 5.41) is 18.4. The van der Waals surface area contributed by atoms with Crippen LogP contribution in [0.15, 0.2) is 60.8 Å². The van der Waals surface area contributed by atoms with Crippen molar-refractivity contribution in [3.05, 3.63) is 60.8 Å². The Hall–Kier alpha value is -1.84. The van der Waals surface area contributed by atoms with E-state index in [4.69, 9.17) is 23.6 Å². The van der Waals surface area contributed by atoms with E-state index in [9.17, 15) is 19.4 Å². The molecule has 64 heavy (non-hydrogen) atoms. The molecule has 3 N–H and O–H groups in total. The Bertz CT molecular complexity index is 1180. The molecule has 0 aliphatic heterocycles. The molecule has 0 fully saturated rings. The Morgan fingerprint density at radius 1 is 0.484 bits per heavy atom. The number of carbonyl (C=O) groups is 1. The maximum atomic E-state index is 12.7. The lowest BCUT2D eigenvalue weighted by atomic mass is 10.0. The molecule has 10 heteroatoms. The molecule has 3 atom stereocenters. The van der Waals surface area contributed by atoms with Gasteiger partial charge in [-0.05, 0) is 83.5 Å². The number of phosphoric ester groups is 1. The molecular formula is C54H99O9P. The van der Waals surface area contributed by atoms with Gasteiger partial charge in [0, 0.05) is 13.0 Å². The van der Waals surface area contributed by atoms with E-state index in [0.717, 1.165) is 64.2 Å². The van der Waals surface area contributed by atoms with E-state index in [1.165, 1.54) is 148 Å². The molecule has 0 saturated heterocycles. The lowest BCUT2D eigenvalue weighted by Gasteiger charge is -2.20. The van der Waals surface area contributed by atoms with Crippen molar-refractivity contribution in [1.29, 1.82) is 0 Å². The molecule has 0 heterocycles. The number of carbonyl (C=O) groups excluding carboxylic acids is 1. The quantitative estimate of drug-likeness (QED) is 0.0236. The Balaban J connectivity index is 4.09. The van der Waals surface area contributed by atoms with Crippen molar-refractivity contribution in [2.45, 2.75) is 244 Å². The Labute approximate surface area is 393 Å². The number of esters is 1. The number of aliphatic hydroxyl groups excluding tert-OH is 2. The Morgan fingerprint density at radius 2 is 0.844 bits per heavy atom. The molecule has 0 rings (SSSR count). The minimum Gasteiger partial charge on any atom is -0.457 e. The summed E-state index contributed by atoms with van der Waals surface area (Å²) in [5.41, 5.74) is 0. The van der Waals surface area contributed by atoms with Crippen molar-refractivity contribution >= 4 is 13.8 Å². The standard InChI is InChI=1S/C54H99O9P/c1-3-5-7-9-11-13-15-17-19-21-23-25-26-27-28-30-32-34-36-38-40-42-44-46-54(57)63-53(51-62-64(58,59)61-49-52(56)48-55)50-60-47-45-43-41-39-37-35-33-31-29-24-22-20-18-16-14-12-10-8-6-4-2/h12,14-15,17-18,20-21,23-24,29,52-53,55-56H,3-11,13,16,19,22,25-28,30-51H2,1-2H3,(H,58,59)/b14-12-,17-15-,20-18-,23-21-,29-24-. The topological polar surface area (TPSA) is 132 Å². The summed E-state index contributed by atoms with van der Waals surface area (Å²) in [5.74, 6) is -0.388. The second kappa shape index (κ2) is 50.6. The maximum absolute atomic E-state index is 12.7. The largest absolute Gasteiger partial charge is 0.472 e. The summed E-state index contributed by atoms with van der Waals surface area (Å²) in [7, 11) is -4.53. The van der Waals surface area contributed by atoms with Gasteiger partial charge in [0.1, 0.15) is 12.2 Å². The fourth-order valence-electron chi connectivity index (χ4n) is 7.16. The van der Waals surface area contributed by atoms with Gasteiger partial charge in [-0.1, -0.05) is 203 Å². The van der Waals surface area contributed by atoms with Gasteiger partial charge in [-0.15, -0.1) is 0 Å². The van der Waals surface area contributed by atoms with Crippen LogP contribution in [0.3, 0.4) is 0 Å². The number of allylic oxidation sites excluding steroid dienone is 10. The first-order chi connectivity index (χ1) is 31.3. The smallest absolute Gasteiger partial charge is 0.457 e. The molecule has 0 aromatic carbocycles. The van der Waals surface area contributed by atoms with Crippen LogP contribution in [-0.4, -0.2) is 66.3 Å². The van der Waals surface area contributed by atoms with E-state index < -0.39 is 33.2 Å². The van der Waals surface area contributed by atoms with Crippen LogP contribution in [0.2, 0.25) is 0 Å². The molecule has 3 unspecified atom stereocenters. The van der Waals surface area contributed by atoms with Gasteiger partial charge in [0.25, 0.3) is 0 Å². The van der Waals surface area contributed by atoms with Gasteiger partial charge < -0.3 is 24.6 Å². The van der Waals surface area contributed by atoms with Crippen molar-refractivity contribution in [3.63, 3.8) is 0 Å². The van der Waals surface area contributed by atoms with Crippen molar-refractivity contribution in [2.24, 2.45) is 0 Å². The highest BCUT2D eigenvalue weighted by molar-refractivity contribution is 7.47. The first kappa shape index (κ1) is 62.2. The SMILES string of the molecule is CCCCC/C=C\C/C=C\C/C=C\CCCCCCCCCOCC(COP(=O)(O)OCC(O)CO)OC(=O)CCCCCCCCCCCCC/C=C\C/C=C\CCCCCCC. The molecule has 0 radical (unpaired) electrons. The van der Waals surface area contributed by atoms with Crippen LogP contribution >= 0.6 is 7.82 Å². The number of hydrogen-bond donors (Lipinski definition) is 3. The Morgan fingerprint density at radius 3 is 1.30 bits per heavy atom. The van der Waals surface area contributed by atoms with E-state index in [0.29, 0.717) is 6.61 Å². The predicted molar refractivity (Wildman–Crippen MR) is 270 cm³/mol. The minimum atomic E-state index is -4.53. The van der Waals surface area contributed by atoms with Crippen molar-refractivity contribution in [3.8, 4) is 0 Å². The van der Waals surface area contributed by atoms with Gasteiger partial charge in [0.15, 0.2) is 0 Å². The zero-order valence-electron chi connectivity index (χ0n) is 41.2. The first-order valence-corrected chi connectivity index (χ1v) is 27.8. The maximum Gasteiger partial charge on any atom is 0.472 e. The van der Waals surface area contributed by atoms with Crippen LogP contribution < -0.4 is 0 Å². The molecule has 0 amide bonds. The number of unbranched alkanes of at least 4 members (excludes halogenated alkanes) is 26. The van der Waals surface area contributed by atoms with Gasteiger partial charge in [0.05, 0.1) is 26.4 Å². The highest BCUT2D eigenvalue weighted by Gasteiger charge is 2.26. The highest BCUT2D eigenvalue weighted by atomic mass is 31.2. The fourth-order valence-corrected chi connectivity index (χ4v) is 7.95. The zero-order chi connectivity index (χ0) is 46.7. The summed E-state index contributed by atoms with van der Waals surface area (Å²) in [6.45, 7) is 3.48. The average Bonchev–Trinajstić information content (AvgIpc) is 3.29. The third kappa shape index (κ3) is 49.6. The third-order valence-corrected chi connectivity index (χ3v) is 12.1. The van der Waals surface area contributed by atoms with E-state index in [2.05, 4.69) is 74.6 Å². The van der Waals surface area contributed by atoms with E-state index in [1.807, 2.05) is 0 Å². The number of phosphoric acid groups is 1. The fraction of sp³-hybridized carbons (Fsp3) is 0.796. The molecule has 0 bridgehead atoms. The van der Waals surface area contributed by atoms with Crippen LogP contribution in [0, 0.1) is 0 Å². The van der Waals surface area contributed by atoms with Crippen LogP contribution in [0.5, 0.6) is 0 Å². The van der Waals surface area contributed by atoms with Gasteiger partial charge >= 0.3 is 13.8 Å². The van der Waals surface area contributed by atoms with Crippen molar-refractivity contribution < 1.29 is 43.0 Å². The average molecular weight is 923 g/mol. The number of ether oxygens (including phenoxy) is 2. The summed E-state index contributed by atoms with van der Waals surface area (Å²) in [6.07, 6.45) is 60.4. The molecule has 0 aromatic rings. The van der Waals surface area contributed by atoms with Gasteiger partial charge in [-0.3, -0.25) is 13.8 Å². The van der Waals surface area contributed by atoms with Crippen LogP contribution in [-0.2, 0) is 27.9 Å². The lowest BCUT2D eigenvalue weighted by molar-refractivity contribution is -0.154. The molecule has 0 aliphatic rings. The van der Waals surface area contributed by atoms with Crippen LogP contribution in [0.4, 0.5) is 0 Å². The van der Waals surface area contributed by atoms with Crippen molar-refractivity contribution in [1.82, 2.24) is 0 Å². The normalized spacial score (nSPS) is 14.3.